The molecule has 0 saturated carbocycles. The Morgan fingerprint density at radius 1 is 0.917 bits per heavy atom. The van der Waals surface area contributed by atoms with Crippen LogP contribution < -0.4 is 0 Å². The highest BCUT2D eigenvalue weighted by Gasteiger charge is 2.15. The second-order valence-electron chi connectivity index (χ2n) is 5.11. The number of para-hydroxylation sites is 2. The molecular formula is C19H14N2O3. The summed E-state index contributed by atoms with van der Waals surface area (Å²) < 4.78 is 0. The highest BCUT2D eigenvalue weighted by Crippen LogP contribution is 2.31. The lowest BCUT2D eigenvalue weighted by atomic mass is 10.0. The summed E-state index contributed by atoms with van der Waals surface area (Å²) in [6.45, 7) is 0. The van der Waals surface area contributed by atoms with Crippen molar-refractivity contribution < 1.29 is 10.0 Å². The molecule has 0 atom stereocenters. The van der Waals surface area contributed by atoms with E-state index in [0.29, 0.717) is 5.56 Å². The Balaban J connectivity index is 2.00. The second kappa shape index (κ2) is 6.75. The first kappa shape index (κ1) is 15.4. The fourth-order valence-corrected chi connectivity index (χ4v) is 2.39. The van der Waals surface area contributed by atoms with Gasteiger partial charge in [0.05, 0.1) is 10.6 Å². The fraction of sp³-hybridized carbons (Fsp3) is 0. The van der Waals surface area contributed by atoms with Crippen molar-refractivity contribution in [1.29, 1.82) is 0 Å². The van der Waals surface area contributed by atoms with Crippen molar-refractivity contribution in [1.82, 2.24) is 0 Å². The molecule has 0 unspecified atom stereocenters. The summed E-state index contributed by atoms with van der Waals surface area (Å²) in [6.07, 6.45) is 1.43. The summed E-state index contributed by atoms with van der Waals surface area (Å²) >= 11 is 0. The average Bonchev–Trinajstić information content (AvgIpc) is 2.61. The van der Waals surface area contributed by atoms with Crippen LogP contribution in [0.5, 0.6) is 5.75 Å². The number of benzene rings is 3. The molecule has 0 amide bonds. The van der Waals surface area contributed by atoms with Gasteiger partial charge in [0.1, 0.15) is 0 Å². The highest BCUT2D eigenvalue weighted by atomic mass is 16.6. The van der Waals surface area contributed by atoms with E-state index < -0.39 is 4.92 Å². The minimum absolute atomic E-state index is 0.298. The van der Waals surface area contributed by atoms with Gasteiger partial charge in [-0.3, -0.25) is 15.1 Å². The number of aliphatic imine (C=N–C) groups is 1. The molecule has 0 heterocycles. The van der Waals surface area contributed by atoms with Crippen LogP contribution in [0.15, 0.2) is 77.8 Å². The van der Waals surface area contributed by atoms with Gasteiger partial charge in [0.2, 0.25) is 5.75 Å². The Morgan fingerprint density at radius 2 is 1.62 bits per heavy atom. The maximum atomic E-state index is 10.9. The molecule has 0 saturated heterocycles. The van der Waals surface area contributed by atoms with Crippen LogP contribution in [0.25, 0.3) is 11.1 Å². The van der Waals surface area contributed by atoms with Crippen molar-refractivity contribution in [2.24, 2.45) is 4.99 Å². The molecule has 0 aliphatic rings. The molecule has 0 aliphatic carbocycles. The molecule has 0 spiro atoms. The Bertz CT molecular complexity index is 905. The quantitative estimate of drug-likeness (QED) is 0.429. The lowest BCUT2D eigenvalue weighted by Crippen LogP contribution is -1.91. The van der Waals surface area contributed by atoms with Crippen molar-refractivity contribution in [2.45, 2.75) is 0 Å². The van der Waals surface area contributed by atoms with Crippen LogP contribution >= 0.6 is 0 Å². The van der Waals surface area contributed by atoms with Crippen LogP contribution in [0, 0.1) is 10.1 Å². The number of aromatic hydroxyl groups is 1. The van der Waals surface area contributed by atoms with Gasteiger partial charge in [0, 0.05) is 23.4 Å². The van der Waals surface area contributed by atoms with E-state index in [1.807, 2.05) is 54.6 Å². The monoisotopic (exact) mass is 318 g/mol. The van der Waals surface area contributed by atoms with Crippen LogP contribution in [-0.2, 0) is 0 Å². The minimum Gasteiger partial charge on any atom is -0.502 e. The molecule has 0 aromatic heterocycles. The first-order chi connectivity index (χ1) is 11.7. The Kier molecular flexibility index (Phi) is 4.34. The van der Waals surface area contributed by atoms with Gasteiger partial charge >= 0.3 is 5.69 Å². The number of nitro benzene ring substituents is 1. The number of rotatable bonds is 4. The molecule has 0 radical (unpaired) electrons. The third-order valence-corrected chi connectivity index (χ3v) is 3.57. The largest absolute Gasteiger partial charge is 0.502 e. The van der Waals surface area contributed by atoms with E-state index in [2.05, 4.69) is 4.99 Å². The van der Waals surface area contributed by atoms with E-state index in [1.54, 1.807) is 6.07 Å². The standard InChI is InChI=1S/C19H14N2O3/c22-19-15(9-6-12-18(19)21(23)24)13-20-17-11-5-4-10-16(17)14-7-2-1-3-8-14/h1-13,22H. The smallest absolute Gasteiger partial charge is 0.311 e. The third kappa shape index (κ3) is 3.15. The van der Waals surface area contributed by atoms with Gasteiger partial charge in [-0.1, -0.05) is 54.6 Å². The summed E-state index contributed by atoms with van der Waals surface area (Å²) in [5, 5.41) is 20.9. The van der Waals surface area contributed by atoms with Gasteiger partial charge in [-0.25, -0.2) is 0 Å². The number of nitrogens with zero attached hydrogens (tertiary/aromatic N) is 2. The van der Waals surface area contributed by atoms with Gasteiger partial charge in [-0.05, 0) is 17.7 Å². The Morgan fingerprint density at radius 3 is 2.38 bits per heavy atom. The van der Waals surface area contributed by atoms with Gasteiger partial charge in [0.15, 0.2) is 0 Å². The number of hydrogen-bond acceptors (Lipinski definition) is 4. The second-order valence-corrected chi connectivity index (χ2v) is 5.11. The van der Waals surface area contributed by atoms with Crippen LogP contribution in [-0.4, -0.2) is 16.2 Å². The normalized spacial score (nSPS) is 10.8. The van der Waals surface area contributed by atoms with Crippen LogP contribution in [0.2, 0.25) is 0 Å². The van der Waals surface area contributed by atoms with Crippen LogP contribution in [0.3, 0.4) is 0 Å². The van der Waals surface area contributed by atoms with Gasteiger partial charge in [-0.2, -0.15) is 0 Å². The van der Waals surface area contributed by atoms with Crippen molar-refractivity contribution >= 4 is 17.6 Å². The predicted octanol–water partition coefficient (Wildman–Crippen LogP) is 4.72. The summed E-state index contributed by atoms with van der Waals surface area (Å²) in [4.78, 5) is 14.7. The summed E-state index contributed by atoms with van der Waals surface area (Å²) in [5.74, 6) is -0.386. The molecule has 118 valence electrons. The molecule has 0 fully saturated rings. The lowest BCUT2D eigenvalue weighted by Gasteiger charge is -2.05. The summed E-state index contributed by atoms with van der Waals surface area (Å²) in [7, 11) is 0. The minimum atomic E-state index is -0.620. The lowest BCUT2D eigenvalue weighted by molar-refractivity contribution is -0.385. The van der Waals surface area contributed by atoms with Crippen LogP contribution in [0.1, 0.15) is 5.56 Å². The summed E-state index contributed by atoms with van der Waals surface area (Å²) in [6, 6.07) is 21.8. The fourth-order valence-electron chi connectivity index (χ4n) is 2.39. The number of phenols is 1. The van der Waals surface area contributed by atoms with Crippen molar-refractivity contribution in [3.8, 4) is 16.9 Å². The number of nitro groups is 1. The molecule has 5 heteroatoms. The van der Waals surface area contributed by atoms with Gasteiger partial charge in [0.25, 0.3) is 0 Å². The molecule has 0 bridgehead atoms. The Labute approximate surface area is 138 Å². The zero-order valence-corrected chi connectivity index (χ0v) is 12.7. The Hall–Kier alpha value is -3.47. The molecule has 1 N–H and O–H groups in total. The van der Waals surface area contributed by atoms with Crippen LogP contribution in [0.4, 0.5) is 11.4 Å². The molecule has 0 aliphatic heterocycles. The predicted molar refractivity (Wildman–Crippen MR) is 93.9 cm³/mol. The van der Waals surface area contributed by atoms with E-state index in [4.69, 9.17) is 0 Å². The molecule has 3 rings (SSSR count). The third-order valence-electron chi connectivity index (χ3n) is 3.57. The SMILES string of the molecule is O=[N+]([O-])c1cccc(C=Nc2ccccc2-c2ccccc2)c1O. The topological polar surface area (TPSA) is 75.7 Å². The van der Waals surface area contributed by atoms with E-state index in [0.717, 1.165) is 16.8 Å². The maximum absolute atomic E-state index is 10.9. The number of phenolic OH excluding ortho intramolecular Hbond substituents is 1. The zero-order chi connectivity index (χ0) is 16.9. The molecule has 24 heavy (non-hydrogen) atoms. The van der Waals surface area contributed by atoms with Gasteiger partial charge < -0.3 is 5.11 Å². The van der Waals surface area contributed by atoms with Crippen molar-refractivity contribution in [2.75, 3.05) is 0 Å². The molecular weight excluding hydrogens is 304 g/mol. The zero-order valence-electron chi connectivity index (χ0n) is 12.7. The molecule has 3 aromatic rings. The van der Waals surface area contributed by atoms with Crippen molar-refractivity contribution in [3.63, 3.8) is 0 Å². The molecule has 3 aromatic carbocycles. The van der Waals surface area contributed by atoms with E-state index in [1.165, 1.54) is 18.3 Å². The van der Waals surface area contributed by atoms with E-state index in [9.17, 15) is 15.2 Å². The van der Waals surface area contributed by atoms with E-state index >= 15 is 0 Å². The number of hydrogen-bond donors (Lipinski definition) is 1. The van der Waals surface area contributed by atoms with E-state index in [-0.39, 0.29) is 11.4 Å². The van der Waals surface area contributed by atoms with Gasteiger partial charge in [-0.15, -0.1) is 0 Å². The summed E-state index contributed by atoms with van der Waals surface area (Å²) in [5.41, 5.74) is 2.64. The first-order valence-corrected chi connectivity index (χ1v) is 7.31. The average molecular weight is 318 g/mol. The highest BCUT2D eigenvalue weighted by molar-refractivity contribution is 5.89. The molecule has 5 nitrogen and oxygen atoms in total. The van der Waals surface area contributed by atoms with Crippen molar-refractivity contribution in [3.05, 3.63) is 88.5 Å². The maximum Gasteiger partial charge on any atom is 0.311 e. The first-order valence-electron chi connectivity index (χ1n) is 7.31.